The summed E-state index contributed by atoms with van der Waals surface area (Å²) < 4.78 is 5.62. The Bertz CT molecular complexity index is 281. The molecule has 1 saturated heterocycles. The van der Waals surface area contributed by atoms with Crippen molar-refractivity contribution in [3.63, 3.8) is 0 Å². The largest absolute Gasteiger partial charge is 0.380 e. The molecule has 2 N–H and O–H groups in total. The summed E-state index contributed by atoms with van der Waals surface area (Å²) in [6.45, 7) is 4.94. The first-order chi connectivity index (χ1) is 9.29. The maximum atomic E-state index is 6.22. The van der Waals surface area contributed by atoms with E-state index in [4.69, 9.17) is 10.5 Å². The zero-order valence-corrected chi connectivity index (χ0v) is 12.3. The Morgan fingerprint density at radius 3 is 2.26 bits per heavy atom. The summed E-state index contributed by atoms with van der Waals surface area (Å²) in [6.07, 6.45) is 12.6. The number of nitrogens with two attached hydrogens (primary N) is 1. The Morgan fingerprint density at radius 1 is 0.842 bits per heavy atom. The highest BCUT2D eigenvalue weighted by Gasteiger charge is 2.45. The third-order valence-electron chi connectivity index (χ3n) is 6.18. The van der Waals surface area contributed by atoms with Gasteiger partial charge in [-0.05, 0) is 50.4 Å². The van der Waals surface area contributed by atoms with Crippen molar-refractivity contribution >= 4 is 0 Å². The van der Waals surface area contributed by atoms with Crippen molar-refractivity contribution in [1.29, 1.82) is 0 Å². The summed E-state index contributed by atoms with van der Waals surface area (Å²) in [5, 5.41) is 0. The van der Waals surface area contributed by atoms with Gasteiger partial charge < -0.3 is 10.5 Å². The van der Waals surface area contributed by atoms with Gasteiger partial charge in [0.15, 0.2) is 0 Å². The lowest BCUT2D eigenvalue weighted by atomic mass is 9.66. The van der Waals surface area contributed by atoms with E-state index in [1.165, 1.54) is 64.3 Å². The van der Waals surface area contributed by atoms with Crippen molar-refractivity contribution in [3.05, 3.63) is 0 Å². The molecule has 1 spiro atoms. The Balaban J connectivity index is 1.67. The summed E-state index contributed by atoms with van der Waals surface area (Å²) >= 11 is 0. The van der Waals surface area contributed by atoms with Crippen molar-refractivity contribution in [2.24, 2.45) is 11.1 Å². The van der Waals surface area contributed by atoms with Crippen LogP contribution in [0.15, 0.2) is 0 Å². The molecule has 3 aliphatic rings. The number of hydrogen-bond acceptors (Lipinski definition) is 3. The molecule has 0 amide bonds. The molecule has 0 unspecified atom stereocenters. The van der Waals surface area contributed by atoms with Gasteiger partial charge in [0.1, 0.15) is 0 Å². The average Bonchev–Trinajstić information content (AvgIpc) is 2.74. The molecule has 0 aromatic heterocycles. The van der Waals surface area contributed by atoms with Crippen LogP contribution in [0.25, 0.3) is 0 Å². The van der Waals surface area contributed by atoms with E-state index in [1.54, 1.807) is 0 Å². The van der Waals surface area contributed by atoms with Gasteiger partial charge in [0, 0.05) is 31.8 Å². The summed E-state index contributed by atoms with van der Waals surface area (Å²) in [5.41, 5.74) is 7.23. The van der Waals surface area contributed by atoms with E-state index in [-0.39, 0.29) is 0 Å². The highest BCUT2D eigenvalue weighted by Crippen LogP contribution is 2.52. The van der Waals surface area contributed by atoms with Crippen molar-refractivity contribution < 1.29 is 4.74 Å². The first kappa shape index (κ1) is 13.8. The SMILES string of the molecule is NCC1(N2CCCOCC2)CCC2(CCCC2)CC1. The third-order valence-corrected chi connectivity index (χ3v) is 6.18. The smallest absolute Gasteiger partial charge is 0.0593 e. The summed E-state index contributed by atoms with van der Waals surface area (Å²) in [6, 6.07) is 0. The molecule has 110 valence electrons. The van der Waals surface area contributed by atoms with Crippen LogP contribution in [0.1, 0.15) is 57.8 Å². The minimum absolute atomic E-state index is 0.293. The number of ether oxygens (including phenoxy) is 1. The zero-order chi connectivity index (χ0) is 13.2. The highest BCUT2D eigenvalue weighted by molar-refractivity contribution is 5.01. The van der Waals surface area contributed by atoms with Crippen molar-refractivity contribution in [2.75, 3.05) is 32.8 Å². The molecule has 1 heterocycles. The second kappa shape index (κ2) is 5.71. The van der Waals surface area contributed by atoms with Crippen LogP contribution in [0, 0.1) is 5.41 Å². The van der Waals surface area contributed by atoms with E-state index in [1.807, 2.05) is 0 Å². The van der Waals surface area contributed by atoms with E-state index < -0.39 is 0 Å². The topological polar surface area (TPSA) is 38.5 Å². The molecule has 3 rings (SSSR count). The van der Waals surface area contributed by atoms with Gasteiger partial charge in [0.2, 0.25) is 0 Å². The lowest BCUT2D eigenvalue weighted by molar-refractivity contribution is 0.0122. The van der Waals surface area contributed by atoms with Gasteiger partial charge in [0.05, 0.1) is 6.61 Å². The normalized spacial score (nSPS) is 31.4. The molecule has 3 fully saturated rings. The molecule has 0 aromatic carbocycles. The molecule has 3 nitrogen and oxygen atoms in total. The monoisotopic (exact) mass is 266 g/mol. The molecule has 2 aliphatic carbocycles. The van der Waals surface area contributed by atoms with E-state index in [0.29, 0.717) is 11.0 Å². The summed E-state index contributed by atoms with van der Waals surface area (Å²) in [7, 11) is 0. The van der Waals surface area contributed by atoms with Crippen LogP contribution >= 0.6 is 0 Å². The van der Waals surface area contributed by atoms with Crippen LogP contribution < -0.4 is 5.73 Å². The lowest BCUT2D eigenvalue weighted by Crippen LogP contribution is -2.57. The van der Waals surface area contributed by atoms with E-state index >= 15 is 0 Å². The van der Waals surface area contributed by atoms with Crippen LogP contribution in [0.2, 0.25) is 0 Å². The molecule has 0 aromatic rings. The zero-order valence-electron chi connectivity index (χ0n) is 12.3. The van der Waals surface area contributed by atoms with Gasteiger partial charge in [-0.25, -0.2) is 0 Å². The van der Waals surface area contributed by atoms with E-state index in [9.17, 15) is 0 Å². The van der Waals surface area contributed by atoms with Crippen molar-refractivity contribution in [2.45, 2.75) is 63.3 Å². The second-order valence-electron chi connectivity index (χ2n) is 7.09. The fraction of sp³-hybridized carbons (Fsp3) is 1.00. The van der Waals surface area contributed by atoms with Crippen LogP contribution in [-0.4, -0.2) is 43.3 Å². The average molecular weight is 266 g/mol. The predicted molar refractivity (Wildman–Crippen MR) is 78.2 cm³/mol. The quantitative estimate of drug-likeness (QED) is 0.835. The predicted octanol–water partition coefficient (Wildman–Crippen LogP) is 2.54. The van der Waals surface area contributed by atoms with Gasteiger partial charge in [0.25, 0.3) is 0 Å². The standard InChI is InChI=1S/C16H30N2O/c17-14-16(18-10-3-12-19-13-11-18)8-6-15(7-9-16)4-1-2-5-15/h1-14,17H2. The Kier molecular flexibility index (Phi) is 4.16. The maximum Gasteiger partial charge on any atom is 0.0593 e. The first-order valence-electron chi connectivity index (χ1n) is 8.32. The molecule has 1 aliphatic heterocycles. The molecule has 0 bridgehead atoms. The fourth-order valence-electron chi connectivity index (χ4n) is 4.74. The highest BCUT2D eigenvalue weighted by atomic mass is 16.5. The van der Waals surface area contributed by atoms with Gasteiger partial charge >= 0.3 is 0 Å². The van der Waals surface area contributed by atoms with Gasteiger partial charge in [-0.1, -0.05) is 12.8 Å². The van der Waals surface area contributed by atoms with E-state index in [0.717, 1.165) is 26.3 Å². The minimum Gasteiger partial charge on any atom is -0.380 e. The summed E-state index contributed by atoms with van der Waals surface area (Å²) in [5.74, 6) is 0. The second-order valence-corrected chi connectivity index (χ2v) is 7.09. The van der Waals surface area contributed by atoms with E-state index in [2.05, 4.69) is 4.90 Å². The van der Waals surface area contributed by atoms with Crippen LogP contribution in [0.4, 0.5) is 0 Å². The molecular formula is C16H30N2O. The third kappa shape index (κ3) is 2.70. The number of hydrogen-bond donors (Lipinski definition) is 1. The molecule has 3 heteroatoms. The van der Waals surface area contributed by atoms with Crippen molar-refractivity contribution in [1.82, 2.24) is 4.90 Å². The maximum absolute atomic E-state index is 6.22. The lowest BCUT2D eigenvalue weighted by Gasteiger charge is -2.50. The van der Waals surface area contributed by atoms with Crippen molar-refractivity contribution in [3.8, 4) is 0 Å². The van der Waals surface area contributed by atoms with Gasteiger partial charge in [-0.2, -0.15) is 0 Å². The van der Waals surface area contributed by atoms with Gasteiger partial charge in [-0.15, -0.1) is 0 Å². The molecule has 0 atom stereocenters. The molecule has 0 radical (unpaired) electrons. The molecule has 19 heavy (non-hydrogen) atoms. The number of nitrogens with zero attached hydrogens (tertiary/aromatic N) is 1. The van der Waals surface area contributed by atoms with Crippen LogP contribution in [0.5, 0.6) is 0 Å². The van der Waals surface area contributed by atoms with Crippen LogP contribution in [0.3, 0.4) is 0 Å². The summed E-state index contributed by atoms with van der Waals surface area (Å²) in [4.78, 5) is 2.67. The Hall–Kier alpha value is -0.120. The van der Waals surface area contributed by atoms with Crippen LogP contribution in [-0.2, 0) is 4.74 Å². The molecular weight excluding hydrogens is 236 g/mol. The Morgan fingerprint density at radius 2 is 1.58 bits per heavy atom. The molecule has 2 saturated carbocycles. The number of rotatable bonds is 2. The fourth-order valence-corrected chi connectivity index (χ4v) is 4.74. The van der Waals surface area contributed by atoms with Gasteiger partial charge in [-0.3, -0.25) is 4.90 Å². The minimum atomic E-state index is 0.293. The first-order valence-corrected chi connectivity index (χ1v) is 8.32. The Labute approximate surface area is 117 Å².